The van der Waals surface area contributed by atoms with E-state index in [4.69, 9.17) is 11.6 Å². The standard InChI is InChI=1S/C9H5ClFN3S/c10-9-13-8(5-12-14-9)15-7-4-2-1-3-6(7)11/h1-5H. The highest BCUT2D eigenvalue weighted by molar-refractivity contribution is 7.99. The van der Waals surface area contributed by atoms with Gasteiger partial charge in [-0.1, -0.05) is 23.9 Å². The van der Waals surface area contributed by atoms with E-state index < -0.39 is 0 Å². The monoisotopic (exact) mass is 241 g/mol. The number of benzene rings is 1. The first-order valence-electron chi connectivity index (χ1n) is 4.03. The first-order chi connectivity index (χ1) is 7.25. The predicted octanol–water partition coefficient (Wildman–Crippen LogP) is 2.82. The minimum absolute atomic E-state index is 0.0522. The van der Waals surface area contributed by atoms with Crippen LogP contribution >= 0.6 is 23.4 Å². The topological polar surface area (TPSA) is 38.7 Å². The first kappa shape index (κ1) is 10.3. The lowest BCUT2D eigenvalue weighted by molar-refractivity contribution is 0.602. The lowest BCUT2D eigenvalue weighted by Gasteiger charge is -2.00. The molecule has 0 saturated carbocycles. The molecule has 0 aliphatic rings. The van der Waals surface area contributed by atoms with Crippen molar-refractivity contribution >= 4 is 23.4 Å². The van der Waals surface area contributed by atoms with E-state index in [-0.39, 0.29) is 11.1 Å². The quantitative estimate of drug-likeness (QED) is 0.811. The number of hydrogen-bond donors (Lipinski definition) is 0. The summed E-state index contributed by atoms with van der Waals surface area (Å²) in [6.45, 7) is 0. The lowest BCUT2D eigenvalue weighted by Crippen LogP contribution is -1.89. The molecule has 15 heavy (non-hydrogen) atoms. The Bertz CT molecular complexity index is 480. The average Bonchev–Trinajstić information content (AvgIpc) is 2.22. The van der Waals surface area contributed by atoms with Crippen LogP contribution in [0.3, 0.4) is 0 Å². The molecular weight excluding hydrogens is 237 g/mol. The van der Waals surface area contributed by atoms with Crippen molar-refractivity contribution in [1.29, 1.82) is 0 Å². The normalized spacial score (nSPS) is 10.3. The van der Waals surface area contributed by atoms with E-state index in [1.54, 1.807) is 18.2 Å². The van der Waals surface area contributed by atoms with Crippen LogP contribution in [0.4, 0.5) is 4.39 Å². The van der Waals surface area contributed by atoms with Gasteiger partial charge >= 0.3 is 0 Å². The van der Waals surface area contributed by atoms with Gasteiger partial charge in [0.05, 0.1) is 6.20 Å². The number of halogens is 2. The number of nitrogens with zero attached hydrogens (tertiary/aromatic N) is 3. The van der Waals surface area contributed by atoms with E-state index >= 15 is 0 Å². The van der Waals surface area contributed by atoms with Gasteiger partial charge in [-0.2, -0.15) is 5.10 Å². The molecule has 0 radical (unpaired) electrons. The van der Waals surface area contributed by atoms with E-state index in [1.807, 2.05) is 0 Å². The average molecular weight is 242 g/mol. The minimum Gasteiger partial charge on any atom is -0.208 e. The molecule has 0 spiro atoms. The maximum Gasteiger partial charge on any atom is 0.244 e. The van der Waals surface area contributed by atoms with Crippen molar-refractivity contribution in [3.63, 3.8) is 0 Å². The fourth-order valence-electron chi connectivity index (χ4n) is 0.957. The molecule has 0 N–H and O–H groups in total. The zero-order chi connectivity index (χ0) is 10.7. The third-order valence-electron chi connectivity index (χ3n) is 1.56. The summed E-state index contributed by atoms with van der Waals surface area (Å²) in [5.74, 6) is -0.294. The molecule has 0 fully saturated rings. The highest BCUT2D eigenvalue weighted by atomic mass is 35.5. The SMILES string of the molecule is Fc1ccccc1Sc1cnnc(Cl)n1. The summed E-state index contributed by atoms with van der Waals surface area (Å²) < 4.78 is 13.3. The van der Waals surface area contributed by atoms with Crippen molar-refractivity contribution in [2.75, 3.05) is 0 Å². The molecule has 0 aliphatic heterocycles. The van der Waals surface area contributed by atoms with Crippen molar-refractivity contribution in [1.82, 2.24) is 15.2 Å². The molecule has 76 valence electrons. The van der Waals surface area contributed by atoms with Crippen molar-refractivity contribution in [2.24, 2.45) is 0 Å². The predicted molar refractivity (Wildman–Crippen MR) is 55.4 cm³/mol. The Kier molecular flexibility index (Phi) is 3.13. The van der Waals surface area contributed by atoms with Crippen LogP contribution in [0.5, 0.6) is 0 Å². The van der Waals surface area contributed by atoms with Crippen LogP contribution in [-0.2, 0) is 0 Å². The van der Waals surface area contributed by atoms with Crippen molar-refractivity contribution in [3.05, 3.63) is 41.6 Å². The van der Waals surface area contributed by atoms with Crippen molar-refractivity contribution in [2.45, 2.75) is 9.92 Å². The summed E-state index contributed by atoms with van der Waals surface area (Å²) in [6.07, 6.45) is 1.43. The summed E-state index contributed by atoms with van der Waals surface area (Å²) in [7, 11) is 0. The van der Waals surface area contributed by atoms with Crippen LogP contribution in [0.1, 0.15) is 0 Å². The molecule has 1 heterocycles. The van der Waals surface area contributed by atoms with Crippen molar-refractivity contribution in [3.8, 4) is 0 Å². The summed E-state index contributed by atoms with van der Waals surface area (Å²) >= 11 is 6.71. The van der Waals surface area contributed by atoms with Gasteiger partial charge < -0.3 is 0 Å². The Morgan fingerprint density at radius 1 is 1.27 bits per heavy atom. The Morgan fingerprint density at radius 2 is 2.07 bits per heavy atom. The van der Waals surface area contributed by atoms with Gasteiger partial charge in [0.2, 0.25) is 5.28 Å². The maximum atomic E-state index is 13.3. The summed E-state index contributed by atoms with van der Waals surface area (Å²) in [6, 6.07) is 6.43. The van der Waals surface area contributed by atoms with Crippen molar-refractivity contribution < 1.29 is 4.39 Å². The van der Waals surface area contributed by atoms with E-state index in [0.717, 1.165) is 11.8 Å². The maximum absolute atomic E-state index is 13.3. The van der Waals surface area contributed by atoms with E-state index in [1.165, 1.54) is 12.3 Å². The Morgan fingerprint density at radius 3 is 2.80 bits per heavy atom. The molecule has 6 heteroatoms. The van der Waals surface area contributed by atoms with Gasteiger partial charge in [-0.25, -0.2) is 9.37 Å². The van der Waals surface area contributed by atoms with Gasteiger partial charge in [0.25, 0.3) is 0 Å². The fourth-order valence-corrected chi connectivity index (χ4v) is 1.91. The second-order valence-electron chi connectivity index (χ2n) is 2.60. The van der Waals surface area contributed by atoms with Gasteiger partial charge in [-0.3, -0.25) is 0 Å². The van der Waals surface area contributed by atoms with Gasteiger partial charge in [0.1, 0.15) is 10.8 Å². The molecule has 0 aliphatic carbocycles. The fraction of sp³-hybridized carbons (Fsp3) is 0. The molecule has 0 bridgehead atoms. The largest absolute Gasteiger partial charge is 0.244 e. The Labute approximate surface area is 94.7 Å². The van der Waals surface area contributed by atoms with E-state index in [2.05, 4.69) is 15.2 Å². The molecule has 0 unspecified atom stereocenters. The molecule has 1 aromatic heterocycles. The summed E-state index contributed by atoms with van der Waals surface area (Å²) in [5, 5.41) is 7.69. The van der Waals surface area contributed by atoms with Crippen LogP contribution < -0.4 is 0 Å². The van der Waals surface area contributed by atoms with E-state index in [9.17, 15) is 4.39 Å². The van der Waals surface area contributed by atoms with Crippen LogP contribution in [0.15, 0.2) is 40.4 Å². The molecule has 0 atom stereocenters. The van der Waals surface area contributed by atoms with Gasteiger partial charge in [0.15, 0.2) is 0 Å². The third kappa shape index (κ3) is 2.64. The van der Waals surface area contributed by atoms with Gasteiger partial charge in [-0.05, 0) is 23.7 Å². The summed E-state index contributed by atoms with van der Waals surface area (Å²) in [4.78, 5) is 4.38. The lowest BCUT2D eigenvalue weighted by atomic mass is 10.3. The van der Waals surface area contributed by atoms with Gasteiger partial charge in [0, 0.05) is 4.90 Å². The first-order valence-corrected chi connectivity index (χ1v) is 5.23. The molecule has 2 rings (SSSR count). The Hall–Kier alpha value is -1.20. The number of hydrogen-bond acceptors (Lipinski definition) is 4. The van der Waals surface area contributed by atoms with Gasteiger partial charge in [-0.15, -0.1) is 5.10 Å². The smallest absolute Gasteiger partial charge is 0.208 e. The molecule has 0 amide bonds. The Balaban J connectivity index is 2.26. The number of rotatable bonds is 2. The van der Waals surface area contributed by atoms with E-state index in [0.29, 0.717) is 9.92 Å². The highest BCUT2D eigenvalue weighted by Crippen LogP contribution is 2.27. The zero-order valence-electron chi connectivity index (χ0n) is 7.39. The highest BCUT2D eigenvalue weighted by Gasteiger charge is 2.05. The second-order valence-corrected chi connectivity index (χ2v) is 4.00. The molecule has 0 saturated heterocycles. The molecular formula is C9H5ClFN3S. The molecule has 1 aromatic carbocycles. The molecule has 2 aromatic rings. The number of aromatic nitrogens is 3. The van der Waals surface area contributed by atoms with Crippen LogP contribution in [-0.4, -0.2) is 15.2 Å². The van der Waals surface area contributed by atoms with Crippen LogP contribution in [0.25, 0.3) is 0 Å². The minimum atomic E-state index is -0.294. The second kappa shape index (κ2) is 4.55. The zero-order valence-corrected chi connectivity index (χ0v) is 8.96. The third-order valence-corrected chi connectivity index (χ3v) is 2.68. The van der Waals surface area contributed by atoms with Crippen LogP contribution in [0, 0.1) is 5.82 Å². The summed E-state index contributed by atoms with van der Waals surface area (Å²) in [5.41, 5.74) is 0. The van der Waals surface area contributed by atoms with Crippen LogP contribution in [0.2, 0.25) is 5.28 Å². The molecule has 3 nitrogen and oxygen atoms in total.